The van der Waals surface area contributed by atoms with E-state index in [4.69, 9.17) is 0 Å². The number of aryl methyl sites for hydroxylation is 1. The van der Waals surface area contributed by atoms with Gasteiger partial charge in [0, 0.05) is 24.7 Å². The highest BCUT2D eigenvalue weighted by molar-refractivity contribution is 5.92. The Bertz CT molecular complexity index is 534. The molecule has 2 rings (SSSR count). The number of rotatable bonds is 5. The molecule has 120 valence electrons. The summed E-state index contributed by atoms with van der Waals surface area (Å²) in [6.45, 7) is 3.41. The smallest absolute Gasteiger partial charge is 0.224 e. The first-order valence-electron chi connectivity index (χ1n) is 8.22. The van der Waals surface area contributed by atoms with E-state index in [2.05, 4.69) is 10.6 Å². The van der Waals surface area contributed by atoms with Crippen molar-refractivity contribution >= 4 is 23.2 Å². The van der Waals surface area contributed by atoms with Gasteiger partial charge in [-0.1, -0.05) is 32.1 Å². The fourth-order valence-corrected chi connectivity index (χ4v) is 3.11. The maximum Gasteiger partial charge on any atom is 0.224 e. The number of nitrogens with one attached hydrogen (secondary N) is 2. The molecule has 2 amide bonds. The zero-order valence-electron chi connectivity index (χ0n) is 13.6. The number of anilines is 2. The molecule has 1 aromatic rings. The molecular formula is C18H26N2O2. The maximum atomic E-state index is 12.0. The summed E-state index contributed by atoms with van der Waals surface area (Å²) in [7, 11) is 0. The highest BCUT2D eigenvalue weighted by atomic mass is 16.2. The van der Waals surface area contributed by atoms with Crippen LogP contribution < -0.4 is 10.6 Å². The summed E-state index contributed by atoms with van der Waals surface area (Å²) in [5, 5.41) is 5.72. The van der Waals surface area contributed by atoms with Crippen LogP contribution in [0.1, 0.15) is 57.4 Å². The predicted molar refractivity (Wildman–Crippen MR) is 89.9 cm³/mol. The molecule has 0 atom stereocenters. The van der Waals surface area contributed by atoms with E-state index in [9.17, 15) is 9.59 Å². The zero-order valence-corrected chi connectivity index (χ0v) is 13.6. The lowest BCUT2D eigenvalue weighted by Gasteiger charge is -2.21. The number of amides is 2. The van der Waals surface area contributed by atoms with Gasteiger partial charge in [-0.2, -0.15) is 0 Å². The zero-order chi connectivity index (χ0) is 15.9. The number of hydrogen-bond acceptors (Lipinski definition) is 2. The number of benzene rings is 1. The summed E-state index contributed by atoms with van der Waals surface area (Å²) in [4.78, 5) is 23.1. The number of carbonyl (C=O) groups is 2. The topological polar surface area (TPSA) is 58.2 Å². The Labute approximate surface area is 132 Å². The lowest BCUT2D eigenvalue weighted by atomic mass is 9.86. The van der Waals surface area contributed by atoms with Gasteiger partial charge in [0.2, 0.25) is 11.8 Å². The lowest BCUT2D eigenvalue weighted by molar-refractivity contribution is -0.116. The Morgan fingerprint density at radius 3 is 2.50 bits per heavy atom. The van der Waals surface area contributed by atoms with E-state index >= 15 is 0 Å². The van der Waals surface area contributed by atoms with Crippen molar-refractivity contribution in [3.05, 3.63) is 23.8 Å². The first-order valence-corrected chi connectivity index (χ1v) is 8.22. The van der Waals surface area contributed by atoms with Gasteiger partial charge in [0.05, 0.1) is 0 Å². The van der Waals surface area contributed by atoms with Crippen molar-refractivity contribution in [3.63, 3.8) is 0 Å². The van der Waals surface area contributed by atoms with Crippen molar-refractivity contribution in [2.75, 3.05) is 10.6 Å². The van der Waals surface area contributed by atoms with Gasteiger partial charge in [0.1, 0.15) is 0 Å². The van der Waals surface area contributed by atoms with Crippen LogP contribution in [0.25, 0.3) is 0 Å². The Morgan fingerprint density at radius 1 is 1.14 bits per heavy atom. The molecule has 0 aliphatic heterocycles. The third-order valence-electron chi connectivity index (χ3n) is 4.33. The minimum absolute atomic E-state index is 0.0808. The molecule has 0 heterocycles. The maximum absolute atomic E-state index is 12.0. The Balaban J connectivity index is 1.83. The fraction of sp³-hybridized carbons (Fsp3) is 0.556. The summed E-state index contributed by atoms with van der Waals surface area (Å²) in [5.41, 5.74) is 2.52. The van der Waals surface area contributed by atoms with Crippen LogP contribution in [-0.4, -0.2) is 11.8 Å². The monoisotopic (exact) mass is 302 g/mol. The second-order valence-corrected chi connectivity index (χ2v) is 6.30. The average Bonchev–Trinajstić information content (AvgIpc) is 2.49. The SMILES string of the molecule is CC(=O)Nc1ccc(NC(=O)CCC2CCCCC2)cc1C. The first-order chi connectivity index (χ1) is 10.5. The average molecular weight is 302 g/mol. The van der Waals surface area contributed by atoms with Crippen molar-refractivity contribution < 1.29 is 9.59 Å². The van der Waals surface area contributed by atoms with E-state index in [1.54, 1.807) is 0 Å². The third kappa shape index (κ3) is 5.17. The molecule has 2 N–H and O–H groups in total. The van der Waals surface area contributed by atoms with Crippen molar-refractivity contribution in [2.45, 2.75) is 58.8 Å². The molecule has 0 spiro atoms. The molecule has 0 aromatic heterocycles. The standard InChI is InChI=1S/C18H26N2O2/c1-13-12-16(9-10-17(13)19-14(2)21)20-18(22)11-8-15-6-4-3-5-7-15/h9-10,12,15H,3-8,11H2,1-2H3,(H,19,21)(H,20,22). The first kappa shape index (κ1) is 16.5. The molecule has 0 saturated heterocycles. The van der Waals surface area contributed by atoms with Crippen molar-refractivity contribution in [2.24, 2.45) is 5.92 Å². The largest absolute Gasteiger partial charge is 0.326 e. The Hall–Kier alpha value is -1.84. The van der Waals surface area contributed by atoms with E-state index < -0.39 is 0 Å². The minimum atomic E-state index is -0.0904. The van der Waals surface area contributed by atoms with Crippen LogP contribution in [0, 0.1) is 12.8 Å². The Kier molecular flexibility index (Phi) is 5.99. The van der Waals surface area contributed by atoms with Gasteiger partial charge < -0.3 is 10.6 Å². The molecule has 1 aliphatic carbocycles. The molecule has 4 nitrogen and oxygen atoms in total. The van der Waals surface area contributed by atoms with Gasteiger partial charge in [-0.15, -0.1) is 0 Å². The molecule has 1 aliphatic rings. The summed E-state index contributed by atoms with van der Waals surface area (Å²) >= 11 is 0. The number of carbonyl (C=O) groups excluding carboxylic acids is 2. The Morgan fingerprint density at radius 2 is 1.86 bits per heavy atom. The van der Waals surface area contributed by atoms with Crippen LogP contribution in [0.3, 0.4) is 0 Å². The predicted octanol–water partition coefficient (Wildman–Crippen LogP) is 4.25. The van der Waals surface area contributed by atoms with Gasteiger partial charge in [-0.3, -0.25) is 9.59 Å². The third-order valence-corrected chi connectivity index (χ3v) is 4.33. The molecule has 0 radical (unpaired) electrons. The minimum Gasteiger partial charge on any atom is -0.326 e. The molecule has 0 bridgehead atoms. The van der Waals surface area contributed by atoms with E-state index in [1.807, 2.05) is 25.1 Å². The van der Waals surface area contributed by atoms with E-state index in [-0.39, 0.29) is 11.8 Å². The van der Waals surface area contributed by atoms with Crippen LogP contribution in [0.2, 0.25) is 0 Å². The second-order valence-electron chi connectivity index (χ2n) is 6.30. The quantitative estimate of drug-likeness (QED) is 0.854. The van der Waals surface area contributed by atoms with Crippen LogP contribution in [-0.2, 0) is 9.59 Å². The molecular weight excluding hydrogens is 276 g/mol. The normalized spacial score (nSPS) is 15.4. The molecule has 0 unspecified atom stereocenters. The van der Waals surface area contributed by atoms with Crippen molar-refractivity contribution in [1.82, 2.24) is 0 Å². The van der Waals surface area contributed by atoms with Gasteiger partial charge in [0.25, 0.3) is 0 Å². The highest BCUT2D eigenvalue weighted by Crippen LogP contribution is 2.27. The summed E-state index contributed by atoms with van der Waals surface area (Å²) in [5.74, 6) is 0.716. The van der Waals surface area contributed by atoms with Crippen LogP contribution in [0.4, 0.5) is 11.4 Å². The number of hydrogen-bond donors (Lipinski definition) is 2. The molecule has 1 aromatic carbocycles. The molecule has 4 heteroatoms. The highest BCUT2D eigenvalue weighted by Gasteiger charge is 2.15. The van der Waals surface area contributed by atoms with Crippen LogP contribution in [0.15, 0.2) is 18.2 Å². The summed E-state index contributed by atoms with van der Waals surface area (Å²) in [6.07, 6.45) is 8.12. The van der Waals surface area contributed by atoms with E-state index in [0.717, 1.165) is 29.3 Å². The van der Waals surface area contributed by atoms with Gasteiger partial charge in [-0.05, 0) is 43.0 Å². The van der Waals surface area contributed by atoms with Crippen LogP contribution >= 0.6 is 0 Å². The summed E-state index contributed by atoms with van der Waals surface area (Å²) < 4.78 is 0. The molecule has 1 saturated carbocycles. The molecule has 22 heavy (non-hydrogen) atoms. The second kappa shape index (κ2) is 7.97. The van der Waals surface area contributed by atoms with E-state index in [1.165, 1.54) is 39.0 Å². The molecule has 1 fully saturated rings. The fourth-order valence-electron chi connectivity index (χ4n) is 3.11. The van der Waals surface area contributed by atoms with Gasteiger partial charge in [-0.25, -0.2) is 0 Å². The van der Waals surface area contributed by atoms with E-state index in [0.29, 0.717) is 6.42 Å². The summed E-state index contributed by atoms with van der Waals surface area (Å²) in [6, 6.07) is 5.55. The van der Waals surface area contributed by atoms with Gasteiger partial charge in [0.15, 0.2) is 0 Å². The lowest BCUT2D eigenvalue weighted by Crippen LogP contribution is -2.15. The van der Waals surface area contributed by atoms with Gasteiger partial charge >= 0.3 is 0 Å². The van der Waals surface area contributed by atoms with Crippen molar-refractivity contribution in [1.29, 1.82) is 0 Å². The van der Waals surface area contributed by atoms with Crippen molar-refractivity contribution in [3.8, 4) is 0 Å². The van der Waals surface area contributed by atoms with Crippen LogP contribution in [0.5, 0.6) is 0 Å².